The summed E-state index contributed by atoms with van der Waals surface area (Å²) in [6.45, 7) is 4.11. The number of ether oxygens (including phenoxy) is 1. The van der Waals surface area contributed by atoms with Crippen LogP contribution in [0.3, 0.4) is 0 Å². The lowest BCUT2D eigenvalue weighted by atomic mass is 10.2. The largest absolute Gasteiger partial charge is 0.494 e. The van der Waals surface area contributed by atoms with Crippen LogP contribution in [-0.2, 0) is 4.79 Å². The van der Waals surface area contributed by atoms with Gasteiger partial charge in [0.25, 0.3) is 0 Å². The van der Waals surface area contributed by atoms with Crippen LogP contribution in [0.4, 0.5) is 4.39 Å². The Morgan fingerprint density at radius 3 is 2.55 bits per heavy atom. The van der Waals surface area contributed by atoms with E-state index in [4.69, 9.17) is 4.74 Å². The van der Waals surface area contributed by atoms with Gasteiger partial charge in [0.05, 0.1) is 18.0 Å². The highest BCUT2D eigenvalue weighted by atomic mass is 32.2. The summed E-state index contributed by atoms with van der Waals surface area (Å²) in [6.07, 6.45) is 1.05. The lowest BCUT2D eigenvalue weighted by Gasteiger charge is -2.30. The average Bonchev–Trinajstić information content (AvgIpc) is 3.10. The van der Waals surface area contributed by atoms with Crippen LogP contribution in [0.25, 0.3) is 17.1 Å². The Bertz CT molecular complexity index is 1000. The highest BCUT2D eigenvalue weighted by Crippen LogP contribution is 2.30. The van der Waals surface area contributed by atoms with Gasteiger partial charge in [-0.05, 0) is 49.7 Å². The zero-order chi connectivity index (χ0) is 20.2. The molecule has 6 nitrogen and oxygen atoms in total. The highest BCUT2D eigenvalue weighted by molar-refractivity contribution is 7.99. The van der Waals surface area contributed by atoms with Gasteiger partial charge in [-0.2, -0.15) is 0 Å². The second-order valence-electron chi connectivity index (χ2n) is 6.57. The number of aromatic nitrogens is 3. The predicted octanol–water partition coefficient (Wildman–Crippen LogP) is 3.80. The van der Waals surface area contributed by atoms with E-state index in [1.807, 2.05) is 36.1 Å². The third-order valence-corrected chi connectivity index (χ3v) is 5.60. The van der Waals surface area contributed by atoms with Crippen molar-refractivity contribution in [2.45, 2.75) is 18.5 Å². The van der Waals surface area contributed by atoms with Gasteiger partial charge in [0.2, 0.25) is 5.91 Å². The van der Waals surface area contributed by atoms with E-state index in [-0.39, 0.29) is 17.5 Å². The van der Waals surface area contributed by atoms with Crippen molar-refractivity contribution in [3.05, 3.63) is 54.3 Å². The van der Waals surface area contributed by atoms with E-state index >= 15 is 0 Å². The Morgan fingerprint density at radius 2 is 1.90 bits per heavy atom. The van der Waals surface area contributed by atoms with Crippen LogP contribution in [-0.4, -0.2) is 51.0 Å². The fourth-order valence-corrected chi connectivity index (χ4v) is 3.90. The number of likely N-dealkylation sites (tertiary alicyclic amines) is 1. The second kappa shape index (κ2) is 8.65. The fraction of sp³-hybridized carbons (Fsp3) is 0.286. The molecule has 29 heavy (non-hydrogen) atoms. The average molecular weight is 412 g/mol. The molecule has 0 bridgehead atoms. The molecule has 4 rings (SSSR count). The molecule has 1 aliphatic heterocycles. The monoisotopic (exact) mass is 412 g/mol. The van der Waals surface area contributed by atoms with E-state index < -0.39 is 0 Å². The molecule has 0 radical (unpaired) electrons. The van der Waals surface area contributed by atoms with Gasteiger partial charge < -0.3 is 9.64 Å². The number of thioether (sulfide) groups is 1. The van der Waals surface area contributed by atoms with Crippen molar-refractivity contribution in [3.63, 3.8) is 0 Å². The molecule has 2 aromatic carbocycles. The molecule has 1 aliphatic rings. The predicted molar refractivity (Wildman–Crippen MR) is 110 cm³/mol. The molecule has 0 saturated carbocycles. The zero-order valence-corrected chi connectivity index (χ0v) is 16.9. The molecule has 8 heteroatoms. The lowest BCUT2D eigenvalue weighted by molar-refractivity contribution is -0.131. The number of rotatable bonds is 7. The zero-order valence-electron chi connectivity index (χ0n) is 16.0. The number of hydrogen-bond acceptors (Lipinski definition) is 5. The standard InChI is InChI=1S/C21H21FN4O2S/c1-2-28-16-10-8-15(9-11-16)20-23-24-21(29-14-19(27)25-12-5-13-25)26(20)18-7-4-3-6-17(18)22/h3-4,6-11H,2,5,12-14H2,1H3. The van der Waals surface area contributed by atoms with Crippen molar-refractivity contribution >= 4 is 17.7 Å². The van der Waals surface area contributed by atoms with Gasteiger partial charge in [-0.15, -0.1) is 10.2 Å². The van der Waals surface area contributed by atoms with Crippen LogP contribution in [0.1, 0.15) is 13.3 Å². The highest BCUT2D eigenvalue weighted by Gasteiger charge is 2.23. The van der Waals surface area contributed by atoms with Crippen LogP contribution in [0.2, 0.25) is 0 Å². The summed E-state index contributed by atoms with van der Waals surface area (Å²) in [5.41, 5.74) is 1.13. The molecule has 0 aliphatic carbocycles. The minimum atomic E-state index is -0.379. The maximum absolute atomic E-state index is 14.6. The Kier molecular flexibility index (Phi) is 5.80. The summed E-state index contributed by atoms with van der Waals surface area (Å²) in [5.74, 6) is 1.19. The Morgan fingerprint density at radius 1 is 1.14 bits per heavy atom. The number of halogens is 1. The van der Waals surface area contributed by atoms with Crippen LogP contribution >= 0.6 is 11.8 Å². The number of amides is 1. The van der Waals surface area contributed by atoms with E-state index in [2.05, 4.69) is 10.2 Å². The third-order valence-electron chi connectivity index (χ3n) is 4.68. The lowest BCUT2D eigenvalue weighted by Crippen LogP contribution is -2.43. The minimum absolute atomic E-state index is 0.0620. The van der Waals surface area contributed by atoms with Gasteiger partial charge in [-0.25, -0.2) is 4.39 Å². The first kappa shape index (κ1) is 19.4. The molecular formula is C21H21FN4O2S. The summed E-state index contributed by atoms with van der Waals surface area (Å²) in [6, 6.07) is 13.9. The molecule has 1 aromatic heterocycles. The molecule has 150 valence electrons. The summed E-state index contributed by atoms with van der Waals surface area (Å²) in [4.78, 5) is 14.1. The van der Waals surface area contributed by atoms with Gasteiger partial charge in [-0.1, -0.05) is 23.9 Å². The smallest absolute Gasteiger partial charge is 0.233 e. The summed E-state index contributed by atoms with van der Waals surface area (Å²) in [7, 11) is 0. The summed E-state index contributed by atoms with van der Waals surface area (Å²) in [5, 5.41) is 9.03. The number of benzene rings is 2. The Labute approximate surface area is 172 Å². The number of carbonyl (C=O) groups is 1. The summed E-state index contributed by atoms with van der Waals surface area (Å²) >= 11 is 1.27. The van der Waals surface area contributed by atoms with Gasteiger partial charge in [0.15, 0.2) is 11.0 Å². The first-order valence-corrected chi connectivity index (χ1v) is 10.5. The van der Waals surface area contributed by atoms with Crippen molar-refractivity contribution in [2.75, 3.05) is 25.4 Å². The quantitative estimate of drug-likeness (QED) is 0.553. The maximum atomic E-state index is 14.6. The topological polar surface area (TPSA) is 60.3 Å². The van der Waals surface area contributed by atoms with E-state index in [1.54, 1.807) is 22.8 Å². The molecule has 0 N–H and O–H groups in total. The van der Waals surface area contributed by atoms with Gasteiger partial charge in [-0.3, -0.25) is 9.36 Å². The van der Waals surface area contributed by atoms with Crippen molar-refractivity contribution < 1.29 is 13.9 Å². The van der Waals surface area contributed by atoms with Gasteiger partial charge >= 0.3 is 0 Å². The Balaban J connectivity index is 1.68. The van der Waals surface area contributed by atoms with E-state index in [0.717, 1.165) is 30.8 Å². The molecule has 1 amide bonds. The molecule has 1 saturated heterocycles. The summed E-state index contributed by atoms with van der Waals surface area (Å²) < 4.78 is 21.8. The number of hydrogen-bond donors (Lipinski definition) is 0. The number of nitrogens with zero attached hydrogens (tertiary/aromatic N) is 4. The van der Waals surface area contributed by atoms with Crippen LogP contribution in [0.5, 0.6) is 5.75 Å². The molecular weight excluding hydrogens is 391 g/mol. The normalized spacial score (nSPS) is 13.2. The van der Waals surface area contributed by atoms with E-state index in [1.165, 1.54) is 17.8 Å². The van der Waals surface area contributed by atoms with Gasteiger partial charge in [0.1, 0.15) is 11.6 Å². The van der Waals surface area contributed by atoms with Crippen molar-refractivity contribution in [3.8, 4) is 22.8 Å². The van der Waals surface area contributed by atoms with Gasteiger partial charge in [0, 0.05) is 18.7 Å². The molecule has 2 heterocycles. The van der Waals surface area contributed by atoms with E-state index in [9.17, 15) is 9.18 Å². The SMILES string of the molecule is CCOc1ccc(-c2nnc(SCC(=O)N3CCC3)n2-c2ccccc2F)cc1. The fourth-order valence-electron chi connectivity index (χ4n) is 3.05. The minimum Gasteiger partial charge on any atom is -0.494 e. The van der Waals surface area contributed by atoms with Crippen LogP contribution < -0.4 is 4.74 Å². The molecule has 3 aromatic rings. The molecule has 0 atom stereocenters. The van der Waals surface area contributed by atoms with Crippen LogP contribution in [0, 0.1) is 5.82 Å². The van der Waals surface area contributed by atoms with Crippen LogP contribution in [0.15, 0.2) is 53.7 Å². The van der Waals surface area contributed by atoms with Crippen molar-refractivity contribution in [2.24, 2.45) is 0 Å². The second-order valence-corrected chi connectivity index (χ2v) is 7.52. The molecule has 0 unspecified atom stereocenters. The molecule has 0 spiro atoms. The number of para-hydroxylation sites is 1. The first-order valence-electron chi connectivity index (χ1n) is 9.51. The van der Waals surface area contributed by atoms with E-state index in [0.29, 0.717) is 23.3 Å². The molecule has 1 fully saturated rings. The van der Waals surface area contributed by atoms with Crippen molar-refractivity contribution in [1.29, 1.82) is 0 Å². The van der Waals surface area contributed by atoms with Crippen molar-refractivity contribution in [1.82, 2.24) is 19.7 Å². The maximum Gasteiger partial charge on any atom is 0.233 e. The third kappa shape index (κ3) is 4.12. The Hall–Kier alpha value is -2.87. The first-order chi connectivity index (χ1) is 14.2. The number of carbonyl (C=O) groups excluding carboxylic acids is 1.